The molecule has 26 heavy (non-hydrogen) atoms. The van der Waals surface area contributed by atoms with E-state index in [4.69, 9.17) is 0 Å². The van der Waals surface area contributed by atoms with Crippen LogP contribution in [-0.2, 0) is 16.0 Å². The van der Waals surface area contributed by atoms with Crippen molar-refractivity contribution in [3.63, 3.8) is 0 Å². The number of hydrogen-bond donors (Lipinski definition) is 1. The largest absolute Gasteiger partial charge is 0.338 e. The molecule has 140 valence electrons. The maximum atomic E-state index is 12.8. The van der Waals surface area contributed by atoms with Crippen LogP contribution in [0.1, 0.15) is 17.7 Å². The number of rotatable bonds is 4. The van der Waals surface area contributed by atoms with E-state index in [1.165, 1.54) is 4.90 Å². The van der Waals surface area contributed by atoms with E-state index in [0.717, 1.165) is 30.8 Å². The summed E-state index contributed by atoms with van der Waals surface area (Å²) in [6, 6.07) is 3.28. The zero-order valence-corrected chi connectivity index (χ0v) is 15.5. The number of hydrogen-bond acceptors (Lipinski definition) is 5. The van der Waals surface area contributed by atoms with Crippen LogP contribution >= 0.6 is 11.3 Å². The number of piperidine rings is 1. The standard InChI is InChI=1S/C18H24N4O3S/c23-16(13-3-6-19-7-4-13)20-9-10-21-15(12-20)17(24)22(18(21)25)8-5-14-2-1-11-26-14/h1-2,11,13,15,19H,3-10,12H2/t15-/m0/s1. The molecule has 1 aromatic rings. The Kier molecular flexibility index (Phi) is 4.95. The van der Waals surface area contributed by atoms with E-state index in [1.54, 1.807) is 21.1 Å². The number of amides is 4. The number of fused-ring (bicyclic) bond motifs is 1. The van der Waals surface area contributed by atoms with Gasteiger partial charge in [-0.15, -0.1) is 11.3 Å². The first kappa shape index (κ1) is 17.5. The van der Waals surface area contributed by atoms with E-state index in [1.807, 2.05) is 17.5 Å². The number of carbonyl (C=O) groups excluding carboxylic acids is 3. The molecule has 0 aromatic carbocycles. The minimum Gasteiger partial charge on any atom is -0.338 e. The third-order valence-electron chi connectivity index (χ3n) is 5.57. The SMILES string of the molecule is O=C(C1CCNCC1)N1CCN2C(=O)N(CCc3cccs3)C(=O)[C@@H]2C1. The van der Waals surface area contributed by atoms with Crippen molar-refractivity contribution >= 4 is 29.2 Å². The van der Waals surface area contributed by atoms with Gasteiger partial charge in [-0.1, -0.05) is 6.07 Å². The molecule has 4 heterocycles. The number of thiophene rings is 1. The van der Waals surface area contributed by atoms with Crippen molar-refractivity contribution in [3.8, 4) is 0 Å². The van der Waals surface area contributed by atoms with Gasteiger partial charge in [-0.2, -0.15) is 0 Å². The van der Waals surface area contributed by atoms with Crippen LogP contribution in [0, 0.1) is 5.92 Å². The molecule has 0 bridgehead atoms. The topological polar surface area (TPSA) is 73.0 Å². The highest BCUT2D eigenvalue weighted by molar-refractivity contribution is 7.09. The van der Waals surface area contributed by atoms with Crippen molar-refractivity contribution in [2.45, 2.75) is 25.3 Å². The van der Waals surface area contributed by atoms with Gasteiger partial charge in [0.1, 0.15) is 6.04 Å². The molecule has 3 aliphatic heterocycles. The van der Waals surface area contributed by atoms with Gasteiger partial charge in [-0.25, -0.2) is 4.79 Å². The number of piperazine rings is 1. The highest BCUT2D eigenvalue weighted by atomic mass is 32.1. The molecule has 1 N–H and O–H groups in total. The Morgan fingerprint density at radius 1 is 1.23 bits per heavy atom. The average Bonchev–Trinajstić information content (AvgIpc) is 3.28. The van der Waals surface area contributed by atoms with Gasteiger partial charge in [0.25, 0.3) is 5.91 Å². The van der Waals surface area contributed by atoms with Crippen molar-refractivity contribution in [2.75, 3.05) is 39.3 Å². The molecule has 4 amide bonds. The zero-order chi connectivity index (χ0) is 18.1. The number of carbonyl (C=O) groups is 3. The minimum atomic E-state index is -0.509. The number of nitrogens with one attached hydrogen (secondary N) is 1. The fourth-order valence-electron chi connectivity index (χ4n) is 4.06. The van der Waals surface area contributed by atoms with E-state index in [9.17, 15) is 14.4 Å². The normalized spacial score (nSPS) is 24.3. The molecule has 3 aliphatic rings. The summed E-state index contributed by atoms with van der Waals surface area (Å²) >= 11 is 1.63. The molecule has 0 unspecified atom stereocenters. The minimum absolute atomic E-state index is 0.0462. The molecule has 7 nitrogen and oxygen atoms in total. The van der Waals surface area contributed by atoms with Gasteiger partial charge in [-0.3, -0.25) is 14.5 Å². The zero-order valence-electron chi connectivity index (χ0n) is 14.7. The van der Waals surface area contributed by atoms with Crippen LogP contribution < -0.4 is 5.32 Å². The molecule has 3 fully saturated rings. The number of imide groups is 1. The summed E-state index contributed by atoms with van der Waals surface area (Å²) in [4.78, 5) is 44.1. The third kappa shape index (κ3) is 3.23. The maximum Gasteiger partial charge on any atom is 0.327 e. The summed E-state index contributed by atoms with van der Waals surface area (Å²) in [5.41, 5.74) is 0. The summed E-state index contributed by atoms with van der Waals surface area (Å²) < 4.78 is 0. The first-order chi connectivity index (χ1) is 12.6. The van der Waals surface area contributed by atoms with Crippen LogP contribution in [0.2, 0.25) is 0 Å². The molecule has 4 rings (SSSR count). The van der Waals surface area contributed by atoms with Crippen LogP contribution in [-0.4, -0.2) is 77.9 Å². The smallest absolute Gasteiger partial charge is 0.327 e. The number of urea groups is 1. The summed E-state index contributed by atoms with van der Waals surface area (Å²) in [7, 11) is 0. The molecule has 0 aliphatic carbocycles. The monoisotopic (exact) mass is 376 g/mol. The molecule has 1 aromatic heterocycles. The second-order valence-electron chi connectivity index (χ2n) is 7.12. The van der Waals surface area contributed by atoms with E-state index in [0.29, 0.717) is 32.6 Å². The Hall–Kier alpha value is -1.93. The Labute approximate surface area is 156 Å². The highest BCUT2D eigenvalue weighted by Gasteiger charge is 2.48. The van der Waals surface area contributed by atoms with Crippen molar-refractivity contribution in [1.82, 2.24) is 20.0 Å². The average molecular weight is 376 g/mol. The van der Waals surface area contributed by atoms with Crippen molar-refractivity contribution in [3.05, 3.63) is 22.4 Å². The van der Waals surface area contributed by atoms with Gasteiger partial charge in [0.05, 0.1) is 6.54 Å². The highest BCUT2D eigenvalue weighted by Crippen LogP contribution is 2.25. The summed E-state index contributed by atoms with van der Waals surface area (Å²) in [5.74, 6) is 0.0303. The quantitative estimate of drug-likeness (QED) is 0.788. The molecule has 3 saturated heterocycles. The molecule has 0 radical (unpaired) electrons. The molecule has 8 heteroatoms. The lowest BCUT2D eigenvalue weighted by Gasteiger charge is -2.37. The second kappa shape index (κ2) is 7.36. The van der Waals surface area contributed by atoms with Crippen LogP contribution in [0.25, 0.3) is 0 Å². The Morgan fingerprint density at radius 2 is 2.04 bits per heavy atom. The molecule has 1 atom stereocenters. The lowest BCUT2D eigenvalue weighted by Crippen LogP contribution is -2.56. The van der Waals surface area contributed by atoms with E-state index in [-0.39, 0.29) is 23.8 Å². The van der Waals surface area contributed by atoms with E-state index >= 15 is 0 Å². The van der Waals surface area contributed by atoms with Crippen molar-refractivity contribution in [2.24, 2.45) is 5.92 Å². The predicted octanol–water partition coefficient (Wildman–Crippen LogP) is 0.765. The van der Waals surface area contributed by atoms with Gasteiger partial charge in [0, 0.05) is 30.4 Å². The summed E-state index contributed by atoms with van der Waals surface area (Å²) in [5, 5.41) is 5.27. The van der Waals surface area contributed by atoms with E-state index in [2.05, 4.69) is 5.32 Å². The maximum absolute atomic E-state index is 12.8. The third-order valence-corrected chi connectivity index (χ3v) is 6.51. The van der Waals surface area contributed by atoms with Crippen LogP contribution in [0.3, 0.4) is 0 Å². The van der Waals surface area contributed by atoms with Crippen LogP contribution in [0.5, 0.6) is 0 Å². The molecular formula is C18H24N4O3S. The molecular weight excluding hydrogens is 352 g/mol. The van der Waals surface area contributed by atoms with Crippen molar-refractivity contribution in [1.29, 1.82) is 0 Å². The fourth-order valence-corrected chi connectivity index (χ4v) is 4.76. The van der Waals surface area contributed by atoms with Gasteiger partial charge in [-0.05, 0) is 43.8 Å². The van der Waals surface area contributed by atoms with Gasteiger partial charge in [0.2, 0.25) is 5.91 Å². The molecule has 0 saturated carbocycles. The van der Waals surface area contributed by atoms with E-state index < -0.39 is 6.04 Å². The second-order valence-corrected chi connectivity index (χ2v) is 8.15. The van der Waals surface area contributed by atoms with Gasteiger partial charge >= 0.3 is 6.03 Å². The Morgan fingerprint density at radius 3 is 2.77 bits per heavy atom. The van der Waals surface area contributed by atoms with Crippen LogP contribution in [0.4, 0.5) is 4.79 Å². The first-order valence-corrected chi connectivity index (χ1v) is 10.2. The lowest BCUT2D eigenvalue weighted by atomic mass is 9.96. The van der Waals surface area contributed by atoms with Crippen LogP contribution in [0.15, 0.2) is 17.5 Å². The summed E-state index contributed by atoms with van der Waals surface area (Å²) in [6.07, 6.45) is 2.39. The van der Waals surface area contributed by atoms with Crippen molar-refractivity contribution < 1.29 is 14.4 Å². The first-order valence-electron chi connectivity index (χ1n) is 9.29. The Bertz CT molecular complexity index is 687. The lowest BCUT2D eigenvalue weighted by molar-refractivity contribution is -0.140. The Balaban J connectivity index is 1.39. The summed E-state index contributed by atoms with van der Waals surface area (Å²) in [6.45, 7) is 3.45. The van der Waals surface area contributed by atoms with Gasteiger partial charge < -0.3 is 15.1 Å². The fraction of sp³-hybridized carbons (Fsp3) is 0.611. The molecule has 0 spiro atoms. The number of nitrogens with zero attached hydrogens (tertiary/aromatic N) is 3. The van der Waals surface area contributed by atoms with Gasteiger partial charge in [0.15, 0.2) is 0 Å². The predicted molar refractivity (Wildman–Crippen MR) is 97.8 cm³/mol.